The molecule has 1 fully saturated rings. The Hall–Kier alpha value is -0.770. The number of rotatable bonds is 2. The molecule has 5 heteroatoms. The minimum absolute atomic E-state index is 0.00324. The highest BCUT2D eigenvalue weighted by Gasteiger charge is 2.36. The maximum atomic E-state index is 12.9. The lowest BCUT2D eigenvalue weighted by Crippen LogP contribution is -2.12. The van der Waals surface area contributed by atoms with Crippen molar-refractivity contribution in [1.82, 2.24) is 4.98 Å². The van der Waals surface area contributed by atoms with Crippen molar-refractivity contribution in [1.29, 1.82) is 0 Å². The molecule has 17 heavy (non-hydrogen) atoms. The zero-order chi connectivity index (χ0) is 12.5. The summed E-state index contributed by atoms with van der Waals surface area (Å²) in [4.78, 5) is 3.98. The fraction of sp³-hybridized carbons (Fsp3) is 0.583. The monoisotopic (exact) mass is 263 g/mol. The van der Waals surface area contributed by atoms with Crippen molar-refractivity contribution in [3.63, 3.8) is 0 Å². The van der Waals surface area contributed by atoms with Crippen LogP contribution >= 0.6 is 11.6 Å². The highest BCUT2D eigenvalue weighted by Crippen LogP contribution is 2.41. The van der Waals surface area contributed by atoms with Crippen LogP contribution in [0.15, 0.2) is 12.3 Å². The number of aromatic nitrogens is 1. The minimum Gasteiger partial charge on any atom is -0.260 e. The molecule has 1 aliphatic rings. The van der Waals surface area contributed by atoms with Crippen LogP contribution in [0.5, 0.6) is 0 Å². The van der Waals surface area contributed by atoms with E-state index in [1.165, 1.54) is 6.20 Å². The van der Waals surface area contributed by atoms with Crippen LogP contribution in [-0.2, 0) is 12.1 Å². The number of nitrogens with zero attached hydrogens (tertiary/aromatic N) is 1. The average Bonchev–Trinajstić information content (AvgIpc) is 2.80. The number of hydrogen-bond acceptors (Lipinski definition) is 1. The van der Waals surface area contributed by atoms with Crippen molar-refractivity contribution < 1.29 is 13.2 Å². The summed E-state index contributed by atoms with van der Waals surface area (Å²) in [6.45, 7) is 0. The Labute approximate surface area is 103 Å². The summed E-state index contributed by atoms with van der Waals surface area (Å²) in [5.41, 5.74) is 0.0552. The smallest absolute Gasteiger partial charge is 0.260 e. The standard InChI is InChI=1S/C12H13ClF3N/c13-6-9-5-11(12(14,15)16)10(7-17-9)8-3-1-2-4-8/h5,7-8H,1-4,6H2. The van der Waals surface area contributed by atoms with Gasteiger partial charge in [-0.2, -0.15) is 13.2 Å². The van der Waals surface area contributed by atoms with Crippen LogP contribution in [0, 0.1) is 0 Å². The summed E-state index contributed by atoms with van der Waals surface area (Å²) < 4.78 is 38.8. The lowest BCUT2D eigenvalue weighted by Gasteiger charge is -2.17. The molecule has 0 radical (unpaired) electrons. The highest BCUT2D eigenvalue weighted by molar-refractivity contribution is 6.16. The largest absolute Gasteiger partial charge is 0.416 e. The quantitative estimate of drug-likeness (QED) is 0.716. The molecule has 1 heterocycles. The van der Waals surface area contributed by atoms with E-state index in [1.54, 1.807) is 0 Å². The van der Waals surface area contributed by atoms with Crippen molar-refractivity contribution in [2.24, 2.45) is 0 Å². The molecule has 0 saturated heterocycles. The summed E-state index contributed by atoms with van der Waals surface area (Å²) in [6, 6.07) is 1.08. The van der Waals surface area contributed by atoms with Gasteiger partial charge in [-0.05, 0) is 30.4 Å². The van der Waals surface area contributed by atoms with Crippen molar-refractivity contribution in [3.8, 4) is 0 Å². The Kier molecular flexibility index (Phi) is 3.61. The maximum absolute atomic E-state index is 12.9. The van der Waals surface area contributed by atoms with Gasteiger partial charge in [0.15, 0.2) is 0 Å². The Bertz CT molecular complexity index is 397. The van der Waals surface area contributed by atoms with Gasteiger partial charge in [-0.25, -0.2) is 0 Å². The van der Waals surface area contributed by atoms with Crippen molar-refractivity contribution in [2.75, 3.05) is 0 Å². The first-order chi connectivity index (χ1) is 8.02. The zero-order valence-corrected chi connectivity index (χ0v) is 9.98. The van der Waals surface area contributed by atoms with E-state index in [9.17, 15) is 13.2 Å². The molecule has 1 aromatic heterocycles. The maximum Gasteiger partial charge on any atom is 0.416 e. The van der Waals surface area contributed by atoms with E-state index in [2.05, 4.69) is 4.98 Å². The fourth-order valence-corrected chi connectivity index (χ4v) is 2.54. The molecule has 0 bridgehead atoms. The summed E-state index contributed by atoms with van der Waals surface area (Å²) in [5, 5.41) is 0. The first-order valence-electron chi connectivity index (χ1n) is 5.64. The molecule has 0 aliphatic heterocycles. The fourth-order valence-electron chi connectivity index (χ4n) is 2.39. The van der Waals surface area contributed by atoms with Gasteiger partial charge in [0.05, 0.1) is 17.1 Å². The molecular formula is C12H13ClF3N. The molecule has 0 atom stereocenters. The van der Waals surface area contributed by atoms with E-state index >= 15 is 0 Å². The molecule has 1 aliphatic carbocycles. The predicted octanol–water partition coefficient (Wildman–Crippen LogP) is 4.50. The average molecular weight is 264 g/mol. The second-order valence-corrected chi connectivity index (χ2v) is 4.64. The van der Waals surface area contributed by atoms with Gasteiger partial charge < -0.3 is 0 Å². The van der Waals surface area contributed by atoms with Gasteiger partial charge in [-0.15, -0.1) is 11.6 Å². The number of alkyl halides is 4. The Morgan fingerprint density at radius 3 is 2.47 bits per heavy atom. The normalized spacial score (nSPS) is 17.6. The van der Waals surface area contributed by atoms with Gasteiger partial charge >= 0.3 is 6.18 Å². The summed E-state index contributed by atoms with van der Waals surface area (Å²) >= 11 is 5.53. The molecule has 0 spiro atoms. The van der Waals surface area contributed by atoms with Crippen LogP contribution in [0.1, 0.15) is 48.4 Å². The van der Waals surface area contributed by atoms with Gasteiger partial charge in [0.2, 0.25) is 0 Å². The second kappa shape index (κ2) is 4.84. The Morgan fingerprint density at radius 1 is 1.29 bits per heavy atom. The van der Waals surface area contributed by atoms with Crippen molar-refractivity contribution >= 4 is 11.6 Å². The Balaban J connectivity index is 2.42. The van der Waals surface area contributed by atoms with E-state index in [0.29, 0.717) is 5.56 Å². The SMILES string of the molecule is FC(F)(F)c1cc(CCl)ncc1C1CCCC1. The van der Waals surface area contributed by atoms with Gasteiger partial charge in [0, 0.05) is 6.20 Å². The second-order valence-electron chi connectivity index (χ2n) is 4.38. The molecule has 2 rings (SSSR count). The topological polar surface area (TPSA) is 12.9 Å². The highest BCUT2D eigenvalue weighted by atomic mass is 35.5. The third-order valence-electron chi connectivity index (χ3n) is 3.23. The zero-order valence-electron chi connectivity index (χ0n) is 9.23. The lowest BCUT2D eigenvalue weighted by molar-refractivity contribution is -0.138. The summed E-state index contributed by atoms with van der Waals surface area (Å²) in [5.74, 6) is 0.0112. The van der Waals surface area contributed by atoms with Crippen LogP contribution in [0.25, 0.3) is 0 Å². The van der Waals surface area contributed by atoms with E-state index in [-0.39, 0.29) is 17.5 Å². The molecule has 0 N–H and O–H groups in total. The number of pyridine rings is 1. The van der Waals surface area contributed by atoms with Gasteiger partial charge in [-0.1, -0.05) is 12.8 Å². The molecule has 0 amide bonds. The van der Waals surface area contributed by atoms with E-state index in [4.69, 9.17) is 11.6 Å². The van der Waals surface area contributed by atoms with Gasteiger partial charge in [0.25, 0.3) is 0 Å². The number of halogens is 4. The van der Waals surface area contributed by atoms with E-state index < -0.39 is 11.7 Å². The van der Waals surface area contributed by atoms with Crippen LogP contribution in [0.3, 0.4) is 0 Å². The molecule has 1 nitrogen and oxygen atoms in total. The van der Waals surface area contributed by atoms with Gasteiger partial charge in [-0.3, -0.25) is 4.98 Å². The van der Waals surface area contributed by atoms with Crippen LogP contribution in [0.2, 0.25) is 0 Å². The lowest BCUT2D eigenvalue weighted by atomic mass is 9.94. The molecule has 1 saturated carbocycles. The first kappa shape index (κ1) is 12.7. The predicted molar refractivity (Wildman–Crippen MR) is 60.0 cm³/mol. The first-order valence-corrected chi connectivity index (χ1v) is 6.18. The minimum atomic E-state index is -4.32. The Morgan fingerprint density at radius 2 is 1.94 bits per heavy atom. The van der Waals surface area contributed by atoms with Crippen LogP contribution in [-0.4, -0.2) is 4.98 Å². The van der Waals surface area contributed by atoms with Crippen LogP contribution in [0.4, 0.5) is 13.2 Å². The van der Waals surface area contributed by atoms with Gasteiger partial charge in [0.1, 0.15) is 0 Å². The molecule has 0 unspecified atom stereocenters. The third-order valence-corrected chi connectivity index (χ3v) is 3.50. The third kappa shape index (κ3) is 2.73. The molecule has 1 aromatic rings. The van der Waals surface area contributed by atoms with E-state index in [0.717, 1.165) is 31.7 Å². The number of hydrogen-bond donors (Lipinski definition) is 0. The summed E-state index contributed by atoms with van der Waals surface area (Å²) in [6.07, 6.45) is 0.687. The van der Waals surface area contributed by atoms with Crippen LogP contribution < -0.4 is 0 Å². The van der Waals surface area contributed by atoms with Crippen molar-refractivity contribution in [2.45, 2.75) is 43.7 Å². The molecule has 0 aromatic carbocycles. The summed E-state index contributed by atoms with van der Waals surface area (Å²) in [7, 11) is 0. The van der Waals surface area contributed by atoms with E-state index in [1.807, 2.05) is 0 Å². The molecular weight excluding hydrogens is 251 g/mol. The van der Waals surface area contributed by atoms with Crippen molar-refractivity contribution in [3.05, 3.63) is 29.1 Å². The molecule has 94 valence electrons.